The number of amides is 1. The number of nitrogens with zero attached hydrogens (tertiary/aromatic N) is 1. The number of rotatable bonds is 5. The van der Waals surface area contributed by atoms with Gasteiger partial charge in [-0.1, -0.05) is 5.16 Å². The van der Waals surface area contributed by atoms with E-state index >= 15 is 0 Å². The zero-order valence-electron chi connectivity index (χ0n) is 8.36. The lowest BCUT2D eigenvalue weighted by Gasteiger charge is -2.01. The molecule has 0 bridgehead atoms. The Bertz CT molecular complexity index is 361. The zero-order chi connectivity index (χ0) is 11.3. The van der Waals surface area contributed by atoms with Gasteiger partial charge in [-0.3, -0.25) is 4.79 Å². The molecule has 7 heteroatoms. The molecule has 0 fully saturated rings. The van der Waals surface area contributed by atoms with Crippen molar-refractivity contribution in [3.8, 4) is 0 Å². The van der Waals surface area contributed by atoms with E-state index in [0.717, 1.165) is 0 Å². The number of carbonyl (C=O) groups excluding carboxylic acids is 2. The van der Waals surface area contributed by atoms with Gasteiger partial charge in [-0.25, -0.2) is 4.79 Å². The standard InChI is InChI=1S/C8H11N3O4/c1-3-14-8(13)6-5(9-2)7(10-4-12)11-15-6/h4,9H,3H2,1-2H3,(H,10,11,12). The molecule has 0 spiro atoms. The molecule has 1 heterocycles. The lowest BCUT2D eigenvalue weighted by atomic mass is 10.3. The summed E-state index contributed by atoms with van der Waals surface area (Å²) in [6, 6.07) is 0. The highest BCUT2D eigenvalue weighted by atomic mass is 16.6. The molecule has 1 amide bonds. The maximum atomic E-state index is 11.3. The Morgan fingerprint density at radius 3 is 2.93 bits per heavy atom. The monoisotopic (exact) mass is 213 g/mol. The van der Waals surface area contributed by atoms with Crippen molar-refractivity contribution in [2.45, 2.75) is 6.92 Å². The van der Waals surface area contributed by atoms with Crippen LogP contribution in [0.25, 0.3) is 0 Å². The third kappa shape index (κ3) is 2.25. The number of nitrogens with one attached hydrogen (secondary N) is 2. The highest BCUT2D eigenvalue weighted by Crippen LogP contribution is 2.25. The summed E-state index contributed by atoms with van der Waals surface area (Å²) in [6.07, 6.45) is 0.438. The summed E-state index contributed by atoms with van der Waals surface area (Å²) in [5.41, 5.74) is 0.292. The third-order valence-corrected chi connectivity index (χ3v) is 1.60. The van der Waals surface area contributed by atoms with Crippen LogP contribution in [0.1, 0.15) is 17.5 Å². The maximum absolute atomic E-state index is 11.3. The SMILES string of the molecule is CCOC(=O)c1onc(NC=O)c1NC. The molecular formula is C8H11N3O4. The fourth-order valence-corrected chi connectivity index (χ4v) is 1.01. The van der Waals surface area contributed by atoms with Crippen LogP contribution in [0, 0.1) is 0 Å². The maximum Gasteiger partial charge on any atom is 0.379 e. The Morgan fingerprint density at radius 2 is 2.40 bits per heavy atom. The first kappa shape index (κ1) is 11.0. The number of hydrogen-bond donors (Lipinski definition) is 2. The average molecular weight is 213 g/mol. The van der Waals surface area contributed by atoms with E-state index in [1.807, 2.05) is 0 Å². The number of esters is 1. The molecule has 0 saturated carbocycles. The predicted molar refractivity (Wildman–Crippen MR) is 51.7 cm³/mol. The largest absolute Gasteiger partial charge is 0.460 e. The summed E-state index contributed by atoms with van der Waals surface area (Å²) >= 11 is 0. The van der Waals surface area contributed by atoms with Crippen molar-refractivity contribution in [1.29, 1.82) is 0 Å². The predicted octanol–water partition coefficient (Wildman–Crippen LogP) is 0.461. The van der Waals surface area contributed by atoms with E-state index in [4.69, 9.17) is 9.26 Å². The van der Waals surface area contributed by atoms with Gasteiger partial charge in [0.25, 0.3) is 5.76 Å². The average Bonchev–Trinajstić information content (AvgIpc) is 2.62. The summed E-state index contributed by atoms with van der Waals surface area (Å²) < 4.78 is 9.48. The van der Waals surface area contributed by atoms with Crippen LogP contribution in [-0.2, 0) is 9.53 Å². The van der Waals surface area contributed by atoms with Crippen LogP contribution in [-0.4, -0.2) is 31.2 Å². The van der Waals surface area contributed by atoms with Crippen LogP contribution in [0.3, 0.4) is 0 Å². The van der Waals surface area contributed by atoms with Gasteiger partial charge in [0.1, 0.15) is 5.69 Å². The lowest BCUT2D eigenvalue weighted by Crippen LogP contribution is -2.07. The summed E-state index contributed by atoms with van der Waals surface area (Å²) in [5.74, 6) is -0.549. The molecule has 7 nitrogen and oxygen atoms in total. The van der Waals surface area contributed by atoms with Crippen molar-refractivity contribution < 1.29 is 18.8 Å². The van der Waals surface area contributed by atoms with Gasteiger partial charge in [0.15, 0.2) is 5.82 Å². The molecule has 0 unspecified atom stereocenters. The minimum absolute atomic E-state index is 0.0660. The number of aromatic nitrogens is 1. The highest BCUT2D eigenvalue weighted by molar-refractivity contribution is 5.96. The van der Waals surface area contributed by atoms with Crippen molar-refractivity contribution in [3.05, 3.63) is 5.76 Å². The minimum Gasteiger partial charge on any atom is -0.460 e. The van der Waals surface area contributed by atoms with Crippen molar-refractivity contribution in [1.82, 2.24) is 5.16 Å². The molecular weight excluding hydrogens is 202 g/mol. The fraction of sp³-hybridized carbons (Fsp3) is 0.375. The van der Waals surface area contributed by atoms with Gasteiger partial charge in [0.2, 0.25) is 6.41 Å². The molecule has 0 aliphatic carbocycles. The summed E-state index contributed by atoms with van der Waals surface area (Å²) in [5, 5.41) is 8.48. The Hall–Kier alpha value is -2.05. The van der Waals surface area contributed by atoms with Crippen LogP contribution in [0.4, 0.5) is 11.5 Å². The first-order valence-electron chi connectivity index (χ1n) is 4.29. The molecule has 0 atom stereocenters. The minimum atomic E-state index is -0.631. The summed E-state index contributed by atoms with van der Waals surface area (Å²) in [4.78, 5) is 21.5. The van der Waals surface area contributed by atoms with Gasteiger partial charge in [-0.2, -0.15) is 0 Å². The van der Waals surface area contributed by atoms with E-state index in [1.54, 1.807) is 14.0 Å². The van der Waals surface area contributed by atoms with Gasteiger partial charge < -0.3 is 19.9 Å². The summed E-state index contributed by atoms with van der Waals surface area (Å²) in [6.45, 7) is 1.91. The second-order valence-electron chi connectivity index (χ2n) is 2.47. The second-order valence-corrected chi connectivity index (χ2v) is 2.47. The van der Waals surface area contributed by atoms with Crippen molar-refractivity contribution in [2.24, 2.45) is 0 Å². The smallest absolute Gasteiger partial charge is 0.379 e. The molecule has 1 aromatic rings. The number of hydrogen-bond acceptors (Lipinski definition) is 6. The molecule has 0 aliphatic rings. The van der Waals surface area contributed by atoms with Gasteiger partial charge in [-0.05, 0) is 6.92 Å². The molecule has 0 aromatic carbocycles. The number of ether oxygens (including phenoxy) is 1. The Balaban J connectivity index is 2.97. The van der Waals surface area contributed by atoms with Crippen molar-refractivity contribution >= 4 is 23.9 Å². The van der Waals surface area contributed by atoms with Gasteiger partial charge in [0, 0.05) is 7.05 Å². The highest BCUT2D eigenvalue weighted by Gasteiger charge is 2.22. The normalized spacial score (nSPS) is 9.47. The van der Waals surface area contributed by atoms with Gasteiger partial charge in [-0.15, -0.1) is 0 Å². The second kappa shape index (κ2) is 4.99. The van der Waals surface area contributed by atoms with E-state index < -0.39 is 5.97 Å². The van der Waals surface area contributed by atoms with Crippen LogP contribution < -0.4 is 10.6 Å². The molecule has 0 aliphatic heterocycles. The van der Waals surface area contributed by atoms with Gasteiger partial charge in [0.05, 0.1) is 6.61 Å². The Kier molecular flexibility index (Phi) is 3.67. The Morgan fingerprint density at radius 1 is 1.67 bits per heavy atom. The third-order valence-electron chi connectivity index (χ3n) is 1.60. The molecule has 2 N–H and O–H groups in total. The van der Waals surface area contributed by atoms with E-state index in [1.165, 1.54) is 0 Å². The van der Waals surface area contributed by atoms with E-state index in [0.29, 0.717) is 12.1 Å². The summed E-state index contributed by atoms with van der Waals surface area (Å²) in [7, 11) is 1.57. The van der Waals surface area contributed by atoms with Crippen LogP contribution >= 0.6 is 0 Å². The molecule has 0 saturated heterocycles. The van der Waals surface area contributed by atoms with E-state index in [-0.39, 0.29) is 18.2 Å². The fourth-order valence-electron chi connectivity index (χ4n) is 1.01. The number of anilines is 2. The molecule has 1 aromatic heterocycles. The molecule has 0 radical (unpaired) electrons. The van der Waals surface area contributed by atoms with Crippen molar-refractivity contribution in [3.63, 3.8) is 0 Å². The molecule has 1 rings (SSSR count). The van der Waals surface area contributed by atoms with Crippen LogP contribution in [0.2, 0.25) is 0 Å². The van der Waals surface area contributed by atoms with Crippen LogP contribution in [0.5, 0.6) is 0 Å². The van der Waals surface area contributed by atoms with E-state index in [2.05, 4.69) is 15.8 Å². The Labute approximate surface area is 85.8 Å². The van der Waals surface area contributed by atoms with Crippen molar-refractivity contribution in [2.75, 3.05) is 24.3 Å². The quantitative estimate of drug-likeness (QED) is 0.545. The van der Waals surface area contributed by atoms with Gasteiger partial charge >= 0.3 is 5.97 Å². The first-order chi connectivity index (χ1) is 7.24. The molecule has 15 heavy (non-hydrogen) atoms. The topological polar surface area (TPSA) is 93.5 Å². The zero-order valence-corrected chi connectivity index (χ0v) is 8.36. The lowest BCUT2D eigenvalue weighted by molar-refractivity contribution is -0.105. The first-order valence-corrected chi connectivity index (χ1v) is 4.29. The molecule has 82 valence electrons. The number of carbonyl (C=O) groups is 2. The van der Waals surface area contributed by atoms with Crippen LogP contribution in [0.15, 0.2) is 4.52 Å². The van der Waals surface area contributed by atoms with E-state index in [9.17, 15) is 9.59 Å².